The lowest BCUT2D eigenvalue weighted by atomic mass is 10.3. The summed E-state index contributed by atoms with van der Waals surface area (Å²) in [6, 6.07) is 0. The van der Waals surface area contributed by atoms with Gasteiger partial charge in [-0.15, -0.1) is 0 Å². The lowest BCUT2D eigenvalue weighted by molar-refractivity contribution is -0.144. The number of nitrogens with zero attached hydrogens (tertiary/aromatic N) is 1. The van der Waals surface area contributed by atoms with Crippen molar-refractivity contribution < 1.29 is 19.1 Å². The Morgan fingerprint density at radius 3 is 1.79 bits per heavy atom. The molecule has 0 spiro atoms. The lowest BCUT2D eigenvalue weighted by Crippen LogP contribution is -2.39. The molecule has 0 bridgehead atoms. The van der Waals surface area contributed by atoms with E-state index in [1.54, 1.807) is 14.2 Å². The minimum atomic E-state index is -0.487. The summed E-state index contributed by atoms with van der Waals surface area (Å²) < 4.78 is 9.67. The quantitative estimate of drug-likeness (QED) is 0.533. The summed E-state index contributed by atoms with van der Waals surface area (Å²) in [6.07, 6.45) is 0. The first-order chi connectivity index (χ1) is 6.63. The molecule has 0 aliphatic heterocycles. The second-order valence-electron chi connectivity index (χ2n) is 2.83. The molecule has 0 radical (unpaired) electrons. The summed E-state index contributed by atoms with van der Waals surface area (Å²) in [5.74, 6) is -0.948. The van der Waals surface area contributed by atoms with Crippen LogP contribution in [0.4, 0.5) is 0 Å². The molecule has 5 nitrogen and oxygen atoms in total. The Morgan fingerprint density at radius 1 is 1.07 bits per heavy atom. The molecule has 5 heteroatoms. The van der Waals surface area contributed by atoms with Crippen LogP contribution >= 0.6 is 0 Å². The van der Waals surface area contributed by atoms with Crippen LogP contribution in [0.2, 0.25) is 0 Å². The van der Waals surface area contributed by atoms with Gasteiger partial charge in [0.2, 0.25) is 5.78 Å². The van der Waals surface area contributed by atoms with Crippen LogP contribution in [0.15, 0.2) is 0 Å². The van der Waals surface area contributed by atoms with E-state index in [0.717, 1.165) is 0 Å². The Balaban J connectivity index is 4.08. The van der Waals surface area contributed by atoms with Crippen molar-refractivity contribution in [2.75, 3.05) is 40.5 Å². The topological polar surface area (TPSA) is 55.8 Å². The van der Waals surface area contributed by atoms with Gasteiger partial charge in [0.25, 0.3) is 5.91 Å². The van der Waals surface area contributed by atoms with Crippen molar-refractivity contribution in [1.29, 1.82) is 0 Å². The van der Waals surface area contributed by atoms with E-state index >= 15 is 0 Å². The average molecular weight is 203 g/mol. The molecule has 0 heterocycles. The largest absolute Gasteiger partial charge is 0.383 e. The van der Waals surface area contributed by atoms with Gasteiger partial charge >= 0.3 is 0 Å². The first-order valence-corrected chi connectivity index (χ1v) is 4.41. The predicted molar refractivity (Wildman–Crippen MR) is 51.0 cm³/mol. The van der Waals surface area contributed by atoms with Gasteiger partial charge in [-0.1, -0.05) is 0 Å². The summed E-state index contributed by atoms with van der Waals surface area (Å²) >= 11 is 0. The van der Waals surface area contributed by atoms with Crippen LogP contribution in [-0.2, 0) is 19.1 Å². The summed E-state index contributed by atoms with van der Waals surface area (Å²) in [4.78, 5) is 23.6. The van der Waals surface area contributed by atoms with Crippen LogP contribution in [0.25, 0.3) is 0 Å². The maximum Gasteiger partial charge on any atom is 0.289 e. The summed E-state index contributed by atoms with van der Waals surface area (Å²) in [7, 11) is 3.10. The number of methoxy groups -OCH3 is 2. The van der Waals surface area contributed by atoms with Gasteiger partial charge in [0.15, 0.2) is 0 Å². The third kappa shape index (κ3) is 4.94. The van der Waals surface area contributed by atoms with Crippen molar-refractivity contribution in [3.05, 3.63) is 0 Å². The van der Waals surface area contributed by atoms with Gasteiger partial charge in [0, 0.05) is 34.2 Å². The molecular weight excluding hydrogens is 186 g/mol. The molecular formula is C9H17NO4. The van der Waals surface area contributed by atoms with Crippen molar-refractivity contribution in [2.24, 2.45) is 0 Å². The maximum absolute atomic E-state index is 11.3. The number of ketones is 1. The van der Waals surface area contributed by atoms with Crippen LogP contribution in [0.3, 0.4) is 0 Å². The Labute approximate surface area is 84.0 Å². The van der Waals surface area contributed by atoms with E-state index < -0.39 is 11.7 Å². The number of amides is 1. The first-order valence-electron chi connectivity index (χ1n) is 4.41. The SMILES string of the molecule is COCCN(CCOC)C(=O)C(C)=O. The first kappa shape index (κ1) is 13.1. The van der Waals surface area contributed by atoms with Gasteiger partial charge in [-0.05, 0) is 0 Å². The zero-order valence-corrected chi connectivity index (χ0v) is 8.91. The number of rotatable bonds is 7. The highest BCUT2D eigenvalue weighted by Crippen LogP contribution is 1.92. The molecule has 0 atom stereocenters. The molecule has 14 heavy (non-hydrogen) atoms. The number of hydrogen-bond donors (Lipinski definition) is 0. The van der Waals surface area contributed by atoms with Gasteiger partial charge in [0.05, 0.1) is 13.2 Å². The minimum absolute atomic E-state index is 0.415. The predicted octanol–water partition coefficient (Wildman–Crippen LogP) is -0.303. The van der Waals surface area contributed by atoms with E-state index in [2.05, 4.69) is 0 Å². The van der Waals surface area contributed by atoms with Crippen molar-refractivity contribution in [2.45, 2.75) is 6.92 Å². The molecule has 0 aromatic rings. The zero-order valence-electron chi connectivity index (χ0n) is 8.91. The highest BCUT2D eigenvalue weighted by molar-refractivity contribution is 6.35. The second-order valence-corrected chi connectivity index (χ2v) is 2.83. The molecule has 0 saturated heterocycles. The van der Waals surface area contributed by atoms with Crippen molar-refractivity contribution >= 4 is 11.7 Å². The van der Waals surface area contributed by atoms with Crippen LogP contribution in [0.1, 0.15) is 6.92 Å². The van der Waals surface area contributed by atoms with Crippen molar-refractivity contribution in [3.8, 4) is 0 Å². The highest BCUT2D eigenvalue weighted by Gasteiger charge is 2.16. The van der Waals surface area contributed by atoms with Gasteiger partial charge < -0.3 is 14.4 Å². The molecule has 0 rings (SSSR count). The number of hydrogen-bond acceptors (Lipinski definition) is 4. The number of carbonyl (C=O) groups is 2. The summed E-state index contributed by atoms with van der Waals surface area (Å²) in [5.41, 5.74) is 0. The van der Waals surface area contributed by atoms with E-state index in [-0.39, 0.29) is 0 Å². The maximum atomic E-state index is 11.3. The zero-order chi connectivity index (χ0) is 11.0. The van der Waals surface area contributed by atoms with Crippen LogP contribution in [0.5, 0.6) is 0 Å². The van der Waals surface area contributed by atoms with E-state index in [1.165, 1.54) is 11.8 Å². The molecule has 82 valence electrons. The molecule has 0 aromatic heterocycles. The van der Waals surface area contributed by atoms with Crippen LogP contribution in [0, 0.1) is 0 Å². The summed E-state index contributed by atoms with van der Waals surface area (Å²) in [6.45, 7) is 2.93. The standard InChI is InChI=1S/C9H17NO4/c1-8(11)9(12)10(4-6-13-2)5-7-14-3/h4-7H2,1-3H3. The Kier molecular flexibility index (Phi) is 6.96. The average Bonchev–Trinajstić information content (AvgIpc) is 2.17. The van der Waals surface area contributed by atoms with E-state index in [4.69, 9.17) is 9.47 Å². The van der Waals surface area contributed by atoms with Crippen LogP contribution in [-0.4, -0.2) is 57.1 Å². The molecule has 1 amide bonds. The number of ether oxygens (including phenoxy) is 2. The highest BCUT2D eigenvalue weighted by atomic mass is 16.5. The monoisotopic (exact) mass is 203 g/mol. The smallest absolute Gasteiger partial charge is 0.289 e. The molecule has 0 N–H and O–H groups in total. The lowest BCUT2D eigenvalue weighted by Gasteiger charge is -2.20. The normalized spacial score (nSPS) is 9.93. The van der Waals surface area contributed by atoms with Gasteiger partial charge in [0.1, 0.15) is 0 Å². The molecule has 0 unspecified atom stereocenters. The molecule has 0 aliphatic carbocycles. The number of carbonyl (C=O) groups excluding carboxylic acids is 2. The third-order valence-electron chi connectivity index (χ3n) is 1.72. The molecule has 0 saturated carbocycles. The van der Waals surface area contributed by atoms with E-state index in [0.29, 0.717) is 26.3 Å². The minimum Gasteiger partial charge on any atom is -0.383 e. The molecule has 0 aliphatic rings. The Hall–Kier alpha value is -0.940. The van der Waals surface area contributed by atoms with Crippen LogP contribution < -0.4 is 0 Å². The van der Waals surface area contributed by atoms with Crippen molar-refractivity contribution in [1.82, 2.24) is 4.90 Å². The van der Waals surface area contributed by atoms with Gasteiger partial charge in [-0.3, -0.25) is 9.59 Å². The Morgan fingerprint density at radius 2 is 1.50 bits per heavy atom. The van der Waals surface area contributed by atoms with E-state index in [1.807, 2.05) is 0 Å². The van der Waals surface area contributed by atoms with Gasteiger partial charge in [-0.25, -0.2) is 0 Å². The van der Waals surface area contributed by atoms with Gasteiger partial charge in [-0.2, -0.15) is 0 Å². The van der Waals surface area contributed by atoms with Crippen molar-refractivity contribution in [3.63, 3.8) is 0 Å². The fourth-order valence-electron chi connectivity index (χ4n) is 0.941. The number of Topliss-reactive ketones (excluding diaryl/α,β-unsaturated/α-hetero) is 1. The fourth-order valence-corrected chi connectivity index (χ4v) is 0.941. The third-order valence-corrected chi connectivity index (χ3v) is 1.72. The Bertz CT molecular complexity index is 185. The fraction of sp³-hybridized carbons (Fsp3) is 0.778. The van der Waals surface area contributed by atoms with E-state index in [9.17, 15) is 9.59 Å². The molecule has 0 aromatic carbocycles. The summed E-state index contributed by atoms with van der Waals surface area (Å²) in [5, 5.41) is 0. The second kappa shape index (κ2) is 7.46. The molecule has 0 fully saturated rings.